The number of morpholine rings is 1. The number of anilines is 2. The molecule has 0 saturated carbocycles. The number of methoxy groups -OCH3 is 1. The summed E-state index contributed by atoms with van der Waals surface area (Å²) >= 11 is 0. The molecular weight excluding hydrogens is 399 g/mol. The second-order valence-electron chi connectivity index (χ2n) is 7.00. The molecule has 2 N–H and O–H groups in total. The molecule has 1 aliphatic rings. The molecular formula is C23H31FN4O3. The third-order valence-electron chi connectivity index (χ3n) is 4.85. The van der Waals surface area contributed by atoms with Crippen LogP contribution < -0.4 is 25.0 Å². The van der Waals surface area contributed by atoms with Crippen LogP contribution in [0.25, 0.3) is 0 Å². The first-order valence-electron chi connectivity index (χ1n) is 10.6. The molecule has 2 aromatic rings. The third kappa shape index (κ3) is 6.24. The van der Waals surface area contributed by atoms with Gasteiger partial charge in [-0.1, -0.05) is 6.07 Å². The van der Waals surface area contributed by atoms with Crippen LogP contribution in [0.5, 0.6) is 11.5 Å². The average molecular weight is 431 g/mol. The zero-order valence-corrected chi connectivity index (χ0v) is 18.4. The minimum Gasteiger partial charge on any atom is -0.493 e. The van der Waals surface area contributed by atoms with Gasteiger partial charge in [-0.25, -0.2) is 9.38 Å². The van der Waals surface area contributed by atoms with Crippen molar-refractivity contribution < 1.29 is 18.6 Å². The molecule has 0 bridgehead atoms. The Morgan fingerprint density at radius 3 is 2.61 bits per heavy atom. The Kier molecular flexibility index (Phi) is 8.35. The highest BCUT2D eigenvalue weighted by Gasteiger charge is 2.15. The summed E-state index contributed by atoms with van der Waals surface area (Å²) < 4.78 is 31.0. The number of hydrogen-bond acceptors (Lipinski definition) is 5. The van der Waals surface area contributed by atoms with E-state index in [1.165, 1.54) is 0 Å². The number of rotatable bonds is 8. The highest BCUT2D eigenvalue weighted by atomic mass is 19.1. The minimum absolute atomic E-state index is 0.232. The number of nitrogens with one attached hydrogen (secondary N) is 2. The number of halogens is 1. The molecule has 0 unspecified atom stereocenters. The van der Waals surface area contributed by atoms with Gasteiger partial charge in [0.15, 0.2) is 17.5 Å². The van der Waals surface area contributed by atoms with Gasteiger partial charge in [0, 0.05) is 31.4 Å². The van der Waals surface area contributed by atoms with Gasteiger partial charge in [-0.2, -0.15) is 0 Å². The standard InChI is InChI=1S/C23H31FN4O3/c1-4-25-23(27-18-7-9-21(29-3)22(15-18)31-5-2)26-16-17-6-8-20(19(24)14-17)28-10-12-30-13-11-28/h6-9,14-15H,4-5,10-13,16H2,1-3H3,(H2,25,26,27). The van der Waals surface area contributed by atoms with E-state index in [1.807, 2.05) is 49.1 Å². The summed E-state index contributed by atoms with van der Waals surface area (Å²) in [6, 6.07) is 10.9. The lowest BCUT2D eigenvalue weighted by molar-refractivity contribution is 0.122. The number of benzene rings is 2. The first-order chi connectivity index (χ1) is 15.1. The normalized spacial score (nSPS) is 14.3. The summed E-state index contributed by atoms with van der Waals surface area (Å²) in [6.45, 7) is 8.17. The van der Waals surface area contributed by atoms with Crippen molar-refractivity contribution in [2.45, 2.75) is 20.4 Å². The largest absolute Gasteiger partial charge is 0.493 e. The van der Waals surface area contributed by atoms with Gasteiger partial charge in [0.1, 0.15) is 5.82 Å². The fourth-order valence-corrected chi connectivity index (χ4v) is 3.35. The maximum absolute atomic E-state index is 14.7. The maximum Gasteiger partial charge on any atom is 0.196 e. The molecule has 168 valence electrons. The predicted molar refractivity (Wildman–Crippen MR) is 122 cm³/mol. The van der Waals surface area contributed by atoms with Crippen LogP contribution in [0.1, 0.15) is 19.4 Å². The van der Waals surface area contributed by atoms with Gasteiger partial charge < -0.3 is 29.7 Å². The Bertz CT molecular complexity index is 885. The summed E-state index contributed by atoms with van der Waals surface area (Å²) in [5.41, 5.74) is 2.23. The second kappa shape index (κ2) is 11.4. The molecule has 0 amide bonds. The first kappa shape index (κ1) is 22.7. The molecule has 1 fully saturated rings. The lowest BCUT2D eigenvalue weighted by Gasteiger charge is -2.29. The summed E-state index contributed by atoms with van der Waals surface area (Å²) in [6.07, 6.45) is 0. The number of aliphatic imine (C=N–C) groups is 1. The van der Waals surface area contributed by atoms with Crippen molar-refractivity contribution in [1.82, 2.24) is 5.32 Å². The maximum atomic E-state index is 14.7. The van der Waals surface area contributed by atoms with E-state index in [0.29, 0.717) is 69.1 Å². The molecule has 0 atom stereocenters. The molecule has 1 saturated heterocycles. The molecule has 0 aliphatic carbocycles. The number of hydrogen-bond donors (Lipinski definition) is 2. The molecule has 3 rings (SSSR count). The Morgan fingerprint density at radius 2 is 1.94 bits per heavy atom. The smallest absolute Gasteiger partial charge is 0.196 e. The summed E-state index contributed by atoms with van der Waals surface area (Å²) in [7, 11) is 1.61. The highest BCUT2D eigenvalue weighted by Crippen LogP contribution is 2.30. The van der Waals surface area contributed by atoms with E-state index in [0.717, 1.165) is 11.3 Å². The SMILES string of the molecule is CCNC(=NCc1ccc(N2CCOCC2)c(F)c1)Nc1ccc(OC)c(OCC)c1. The van der Waals surface area contributed by atoms with Crippen LogP contribution in [0.4, 0.5) is 15.8 Å². The van der Waals surface area contributed by atoms with Crippen molar-refractivity contribution in [3.8, 4) is 11.5 Å². The first-order valence-corrected chi connectivity index (χ1v) is 10.6. The molecule has 1 aliphatic heterocycles. The summed E-state index contributed by atoms with van der Waals surface area (Å²) in [4.78, 5) is 6.61. The van der Waals surface area contributed by atoms with Crippen LogP contribution in [0, 0.1) is 5.82 Å². The summed E-state index contributed by atoms with van der Waals surface area (Å²) in [5, 5.41) is 6.48. The zero-order valence-electron chi connectivity index (χ0n) is 18.4. The monoisotopic (exact) mass is 430 g/mol. The van der Waals surface area contributed by atoms with E-state index in [-0.39, 0.29) is 5.82 Å². The van der Waals surface area contributed by atoms with Gasteiger partial charge in [0.25, 0.3) is 0 Å². The minimum atomic E-state index is -0.232. The van der Waals surface area contributed by atoms with Crippen LogP contribution in [0.15, 0.2) is 41.4 Å². The Balaban J connectivity index is 1.71. The second-order valence-corrected chi connectivity index (χ2v) is 7.00. The summed E-state index contributed by atoms with van der Waals surface area (Å²) in [5.74, 6) is 1.70. The van der Waals surface area contributed by atoms with Crippen LogP contribution in [-0.4, -0.2) is 52.5 Å². The number of ether oxygens (including phenoxy) is 3. The Hall–Kier alpha value is -3.00. The van der Waals surface area contributed by atoms with E-state index in [4.69, 9.17) is 14.2 Å². The Labute approximate surface area is 183 Å². The van der Waals surface area contributed by atoms with Crippen LogP contribution in [0.3, 0.4) is 0 Å². The average Bonchev–Trinajstić information content (AvgIpc) is 2.79. The zero-order chi connectivity index (χ0) is 22.1. The molecule has 7 nitrogen and oxygen atoms in total. The van der Waals surface area contributed by atoms with E-state index >= 15 is 0 Å². The molecule has 0 aromatic heterocycles. The van der Waals surface area contributed by atoms with Crippen molar-refractivity contribution >= 4 is 17.3 Å². The lowest BCUT2D eigenvalue weighted by atomic mass is 10.1. The van der Waals surface area contributed by atoms with Crippen molar-refractivity contribution in [1.29, 1.82) is 0 Å². The van der Waals surface area contributed by atoms with Crippen molar-refractivity contribution in [2.24, 2.45) is 4.99 Å². The third-order valence-corrected chi connectivity index (χ3v) is 4.85. The fraction of sp³-hybridized carbons (Fsp3) is 0.435. The van der Waals surface area contributed by atoms with E-state index in [9.17, 15) is 4.39 Å². The lowest BCUT2D eigenvalue weighted by Crippen LogP contribution is -2.36. The highest BCUT2D eigenvalue weighted by molar-refractivity contribution is 5.93. The molecule has 0 spiro atoms. The van der Waals surface area contributed by atoms with Gasteiger partial charge in [0.2, 0.25) is 0 Å². The molecule has 1 heterocycles. The van der Waals surface area contributed by atoms with E-state index in [2.05, 4.69) is 15.6 Å². The number of guanidine groups is 1. The van der Waals surface area contributed by atoms with Crippen LogP contribution in [0.2, 0.25) is 0 Å². The van der Waals surface area contributed by atoms with Gasteiger partial charge in [-0.3, -0.25) is 0 Å². The Morgan fingerprint density at radius 1 is 1.13 bits per heavy atom. The number of nitrogens with zero attached hydrogens (tertiary/aromatic N) is 2. The van der Waals surface area contributed by atoms with Gasteiger partial charge in [-0.15, -0.1) is 0 Å². The van der Waals surface area contributed by atoms with Gasteiger partial charge in [-0.05, 0) is 43.7 Å². The topological polar surface area (TPSA) is 67.4 Å². The van der Waals surface area contributed by atoms with E-state index < -0.39 is 0 Å². The molecule has 0 radical (unpaired) electrons. The van der Waals surface area contributed by atoms with Gasteiger partial charge in [0.05, 0.1) is 39.2 Å². The quantitative estimate of drug-likeness (QED) is 0.492. The van der Waals surface area contributed by atoms with Crippen molar-refractivity contribution in [3.63, 3.8) is 0 Å². The van der Waals surface area contributed by atoms with Crippen molar-refractivity contribution in [3.05, 3.63) is 47.8 Å². The molecule has 31 heavy (non-hydrogen) atoms. The molecule has 8 heteroatoms. The van der Waals surface area contributed by atoms with Gasteiger partial charge >= 0.3 is 0 Å². The van der Waals surface area contributed by atoms with E-state index in [1.54, 1.807) is 13.2 Å². The van der Waals surface area contributed by atoms with Crippen molar-refractivity contribution in [2.75, 3.05) is 56.8 Å². The van der Waals surface area contributed by atoms with Crippen LogP contribution in [-0.2, 0) is 11.3 Å². The fourth-order valence-electron chi connectivity index (χ4n) is 3.35. The predicted octanol–water partition coefficient (Wildman–Crippen LogP) is 3.65. The van der Waals surface area contributed by atoms with Crippen LogP contribution >= 0.6 is 0 Å². The molecule has 2 aromatic carbocycles.